The molecular weight excluding hydrogens is 481 g/mol. The van der Waals surface area contributed by atoms with Gasteiger partial charge in [0.15, 0.2) is 3.77 Å². The molecule has 0 N–H and O–H groups in total. The third-order valence-electron chi connectivity index (χ3n) is 3.03. The second-order valence-electron chi connectivity index (χ2n) is 4.50. The van der Waals surface area contributed by atoms with Gasteiger partial charge in [0.1, 0.15) is 5.76 Å². The highest BCUT2D eigenvalue weighted by atomic mass is 127. The summed E-state index contributed by atoms with van der Waals surface area (Å²) in [7, 11) is 0. The number of carbonyl (C=O) groups excluding carboxylic acids is 2. The number of hydrogen-bond acceptors (Lipinski definition) is 4. The van der Waals surface area contributed by atoms with Crippen LogP contribution in [0.3, 0.4) is 0 Å². The average molecular weight is 490 g/mol. The number of amides is 2. The van der Waals surface area contributed by atoms with E-state index in [1.807, 2.05) is 46.9 Å². The molecule has 0 unspecified atom stereocenters. The summed E-state index contributed by atoms with van der Waals surface area (Å²) >= 11 is 6.41. The molecule has 1 aliphatic rings. The summed E-state index contributed by atoms with van der Waals surface area (Å²) in [6.07, 6.45) is 1.60. The Morgan fingerprint density at radius 3 is 2.68 bits per heavy atom. The van der Waals surface area contributed by atoms with Gasteiger partial charge in [0.25, 0.3) is 11.1 Å². The van der Waals surface area contributed by atoms with Gasteiger partial charge in [-0.2, -0.15) is 0 Å². The number of carbonyl (C=O) groups is 2. The minimum atomic E-state index is -0.294. The van der Waals surface area contributed by atoms with Crippen LogP contribution in [0.25, 0.3) is 6.08 Å². The summed E-state index contributed by atoms with van der Waals surface area (Å²) in [6, 6.07) is 11.1. The number of thioether (sulfide) groups is 1. The summed E-state index contributed by atoms with van der Waals surface area (Å²) < 4.78 is 7.02. The van der Waals surface area contributed by atoms with Gasteiger partial charge in [-0.05, 0) is 58.1 Å². The van der Waals surface area contributed by atoms with E-state index in [-0.39, 0.29) is 17.7 Å². The van der Waals surface area contributed by atoms with Crippen molar-refractivity contribution in [3.05, 3.63) is 60.9 Å². The molecule has 1 saturated heterocycles. The lowest BCUT2D eigenvalue weighted by atomic mass is 10.2. The predicted octanol–water partition coefficient (Wildman–Crippen LogP) is 4.88. The molecular formula is C15H9BrINO3S. The molecule has 4 nitrogen and oxygen atoms in total. The Morgan fingerprint density at radius 1 is 1.23 bits per heavy atom. The molecule has 112 valence electrons. The number of furan rings is 1. The fourth-order valence-electron chi connectivity index (χ4n) is 1.97. The molecule has 0 atom stereocenters. The molecule has 7 heteroatoms. The van der Waals surface area contributed by atoms with Gasteiger partial charge < -0.3 is 4.42 Å². The summed E-state index contributed by atoms with van der Waals surface area (Å²) in [5, 5.41) is -0.270. The predicted molar refractivity (Wildman–Crippen MR) is 97.1 cm³/mol. The van der Waals surface area contributed by atoms with Gasteiger partial charge in [0.2, 0.25) is 0 Å². The first kappa shape index (κ1) is 15.8. The van der Waals surface area contributed by atoms with Crippen LogP contribution in [0.5, 0.6) is 0 Å². The number of rotatable bonds is 3. The van der Waals surface area contributed by atoms with Gasteiger partial charge in [-0.25, -0.2) is 0 Å². The molecule has 2 aromatic rings. The molecule has 1 aliphatic heterocycles. The zero-order valence-corrected chi connectivity index (χ0v) is 15.6. The number of halogens is 2. The Bertz CT molecular complexity index is 787. The van der Waals surface area contributed by atoms with Gasteiger partial charge in [-0.1, -0.05) is 34.1 Å². The van der Waals surface area contributed by atoms with Crippen LogP contribution < -0.4 is 0 Å². The maximum Gasteiger partial charge on any atom is 0.293 e. The van der Waals surface area contributed by atoms with E-state index in [1.165, 1.54) is 4.90 Å². The molecule has 2 heterocycles. The van der Waals surface area contributed by atoms with Crippen LogP contribution in [0.2, 0.25) is 0 Å². The topological polar surface area (TPSA) is 50.5 Å². The van der Waals surface area contributed by atoms with Crippen LogP contribution in [-0.2, 0) is 11.3 Å². The quantitative estimate of drug-likeness (QED) is 0.455. The largest absolute Gasteiger partial charge is 0.451 e. The molecule has 1 fully saturated rings. The minimum Gasteiger partial charge on any atom is -0.451 e. The second-order valence-corrected chi connectivity index (χ2v) is 7.41. The standard InChI is InChI=1S/C15H9BrINO3S/c16-11-4-2-1-3-9(11)8-18-14(19)12(22-15(18)20)7-10-5-6-13(17)21-10/h1-7H,8H2/b12-7-. The summed E-state index contributed by atoms with van der Waals surface area (Å²) in [6.45, 7) is 0.249. The Balaban J connectivity index is 1.83. The van der Waals surface area contributed by atoms with Crippen molar-refractivity contribution in [2.24, 2.45) is 0 Å². The highest BCUT2D eigenvalue weighted by molar-refractivity contribution is 14.1. The van der Waals surface area contributed by atoms with E-state index >= 15 is 0 Å². The monoisotopic (exact) mass is 489 g/mol. The van der Waals surface area contributed by atoms with Crippen molar-refractivity contribution in [3.8, 4) is 0 Å². The van der Waals surface area contributed by atoms with Crippen molar-refractivity contribution in [1.29, 1.82) is 0 Å². The van der Waals surface area contributed by atoms with Crippen LogP contribution in [0.1, 0.15) is 11.3 Å². The minimum absolute atomic E-state index is 0.249. The smallest absolute Gasteiger partial charge is 0.293 e. The Kier molecular flexibility index (Phi) is 4.74. The fraction of sp³-hybridized carbons (Fsp3) is 0.0667. The Labute approximate surface area is 153 Å². The molecule has 1 aromatic carbocycles. The Hall–Kier alpha value is -1.06. The summed E-state index contributed by atoms with van der Waals surface area (Å²) in [5.41, 5.74) is 0.888. The van der Waals surface area contributed by atoms with Gasteiger partial charge in [0, 0.05) is 10.5 Å². The second kappa shape index (κ2) is 6.59. The van der Waals surface area contributed by atoms with Crippen LogP contribution in [0.4, 0.5) is 4.79 Å². The summed E-state index contributed by atoms with van der Waals surface area (Å²) in [5.74, 6) is 0.271. The average Bonchev–Trinajstić information content (AvgIpc) is 3.00. The highest BCUT2D eigenvalue weighted by Gasteiger charge is 2.35. The van der Waals surface area contributed by atoms with E-state index in [0.717, 1.165) is 25.6 Å². The number of hydrogen-bond donors (Lipinski definition) is 0. The maximum absolute atomic E-state index is 12.4. The van der Waals surface area contributed by atoms with Gasteiger partial charge in [-0.3, -0.25) is 14.5 Å². The van der Waals surface area contributed by atoms with Gasteiger partial charge >= 0.3 is 0 Å². The Morgan fingerprint density at radius 2 is 2.00 bits per heavy atom. The first-order valence-corrected chi connectivity index (χ1v) is 8.97. The third-order valence-corrected chi connectivity index (χ3v) is 5.29. The molecule has 0 radical (unpaired) electrons. The summed E-state index contributed by atoms with van der Waals surface area (Å²) in [4.78, 5) is 26.1. The lowest BCUT2D eigenvalue weighted by molar-refractivity contribution is -0.123. The van der Waals surface area contributed by atoms with Crippen molar-refractivity contribution in [2.45, 2.75) is 6.54 Å². The van der Waals surface area contributed by atoms with Crippen molar-refractivity contribution >= 4 is 67.5 Å². The van der Waals surface area contributed by atoms with Gasteiger partial charge in [-0.15, -0.1) is 0 Å². The van der Waals surface area contributed by atoms with Crippen LogP contribution in [-0.4, -0.2) is 16.0 Å². The lowest BCUT2D eigenvalue weighted by Crippen LogP contribution is -2.27. The maximum atomic E-state index is 12.4. The molecule has 22 heavy (non-hydrogen) atoms. The molecule has 0 saturated carbocycles. The first-order chi connectivity index (χ1) is 10.5. The van der Waals surface area contributed by atoms with Crippen molar-refractivity contribution in [2.75, 3.05) is 0 Å². The zero-order valence-electron chi connectivity index (χ0n) is 11.1. The van der Waals surface area contributed by atoms with E-state index in [1.54, 1.807) is 18.2 Å². The van der Waals surface area contributed by atoms with Crippen molar-refractivity contribution in [3.63, 3.8) is 0 Å². The molecule has 0 aliphatic carbocycles. The molecule has 3 rings (SSSR count). The fourth-order valence-corrected chi connectivity index (χ4v) is 3.63. The number of benzene rings is 1. The molecule has 1 aromatic heterocycles. The van der Waals surface area contributed by atoms with Crippen molar-refractivity contribution in [1.82, 2.24) is 4.90 Å². The lowest BCUT2D eigenvalue weighted by Gasteiger charge is -2.13. The van der Waals surface area contributed by atoms with E-state index in [0.29, 0.717) is 10.7 Å². The van der Waals surface area contributed by atoms with E-state index in [9.17, 15) is 9.59 Å². The zero-order chi connectivity index (χ0) is 15.7. The van der Waals surface area contributed by atoms with Gasteiger partial charge in [0.05, 0.1) is 11.4 Å². The van der Waals surface area contributed by atoms with Crippen LogP contribution in [0.15, 0.2) is 50.2 Å². The SMILES string of the molecule is O=C1S/C(=C\c2ccc(I)o2)C(=O)N1Cc1ccccc1Br. The van der Waals surface area contributed by atoms with Crippen molar-refractivity contribution < 1.29 is 14.0 Å². The third kappa shape index (κ3) is 3.31. The first-order valence-electron chi connectivity index (χ1n) is 6.29. The van der Waals surface area contributed by atoms with Crippen LogP contribution in [0, 0.1) is 3.77 Å². The highest BCUT2D eigenvalue weighted by Crippen LogP contribution is 2.34. The van der Waals surface area contributed by atoms with E-state index in [4.69, 9.17) is 4.42 Å². The number of imide groups is 1. The molecule has 0 bridgehead atoms. The normalized spacial score (nSPS) is 16.8. The molecule has 0 spiro atoms. The van der Waals surface area contributed by atoms with Crippen LogP contribution >= 0.6 is 50.3 Å². The van der Waals surface area contributed by atoms with E-state index in [2.05, 4.69) is 15.9 Å². The number of nitrogens with zero attached hydrogens (tertiary/aromatic N) is 1. The molecule has 2 amide bonds. The van der Waals surface area contributed by atoms with E-state index < -0.39 is 0 Å².